The first-order valence-electron chi connectivity index (χ1n) is 14.4. The highest BCUT2D eigenvalue weighted by Gasteiger charge is 2.49. The molecule has 3 fully saturated rings. The number of nitrogens with one attached hydrogen (secondary N) is 1. The molecule has 2 atom stereocenters. The highest BCUT2D eigenvalue weighted by Crippen LogP contribution is 2.46. The number of alkyl halides is 2. The van der Waals surface area contributed by atoms with Crippen LogP contribution >= 0.6 is 0 Å². The monoisotopic (exact) mass is 541 g/mol. The van der Waals surface area contributed by atoms with Crippen molar-refractivity contribution >= 4 is 5.91 Å². The van der Waals surface area contributed by atoms with E-state index in [-0.39, 0.29) is 24.9 Å². The van der Waals surface area contributed by atoms with Gasteiger partial charge in [0.2, 0.25) is 5.91 Å². The van der Waals surface area contributed by atoms with Crippen molar-refractivity contribution in [2.24, 2.45) is 0 Å². The van der Waals surface area contributed by atoms with Gasteiger partial charge in [0.15, 0.2) is 0 Å². The Morgan fingerprint density at radius 2 is 1.92 bits per heavy atom. The van der Waals surface area contributed by atoms with E-state index in [1.165, 1.54) is 0 Å². The van der Waals surface area contributed by atoms with Crippen molar-refractivity contribution in [3.05, 3.63) is 47.8 Å². The third kappa shape index (κ3) is 6.60. The molecule has 0 bridgehead atoms. The highest BCUT2D eigenvalue weighted by molar-refractivity contribution is 5.81. The first-order chi connectivity index (χ1) is 18.7. The maximum atomic E-state index is 15.2. The van der Waals surface area contributed by atoms with E-state index in [2.05, 4.69) is 29.0 Å². The molecule has 2 aromatic rings. The summed E-state index contributed by atoms with van der Waals surface area (Å²) in [6, 6.07) is 7.00. The Kier molecular flexibility index (Phi) is 8.52. The zero-order valence-corrected chi connectivity index (χ0v) is 23.3. The molecule has 2 saturated carbocycles. The SMILES string of the molecule is COc1cncc(-c2cccc(CC(=O)N[C@@H]3[C@@H](OC4CCN(C(C)C)CC4)CCCC3(F)F)c2C2CC2)c1. The van der Waals surface area contributed by atoms with Crippen LogP contribution in [0.3, 0.4) is 0 Å². The van der Waals surface area contributed by atoms with Gasteiger partial charge in [0.05, 0.1) is 31.9 Å². The van der Waals surface area contributed by atoms with Crippen LogP contribution in [0.25, 0.3) is 11.1 Å². The third-order valence-corrected chi connectivity index (χ3v) is 8.51. The van der Waals surface area contributed by atoms with Gasteiger partial charge in [0, 0.05) is 37.3 Å². The first-order valence-corrected chi connectivity index (χ1v) is 14.4. The van der Waals surface area contributed by atoms with Gasteiger partial charge < -0.3 is 19.7 Å². The van der Waals surface area contributed by atoms with Crippen molar-refractivity contribution in [1.29, 1.82) is 0 Å². The van der Waals surface area contributed by atoms with Crippen LogP contribution in [0.2, 0.25) is 0 Å². The van der Waals surface area contributed by atoms with Crippen molar-refractivity contribution < 1.29 is 23.0 Å². The normalized spacial score (nSPS) is 24.1. The molecule has 1 saturated heterocycles. The van der Waals surface area contributed by atoms with Crippen molar-refractivity contribution in [2.75, 3.05) is 20.2 Å². The molecule has 1 aromatic carbocycles. The van der Waals surface area contributed by atoms with Crippen LogP contribution in [0.1, 0.15) is 75.8 Å². The molecule has 1 amide bonds. The zero-order valence-electron chi connectivity index (χ0n) is 23.3. The molecular formula is C31H41F2N3O3. The van der Waals surface area contributed by atoms with Gasteiger partial charge in [0.1, 0.15) is 11.8 Å². The van der Waals surface area contributed by atoms with Crippen molar-refractivity contribution in [1.82, 2.24) is 15.2 Å². The Morgan fingerprint density at radius 1 is 1.15 bits per heavy atom. The molecule has 5 rings (SSSR count). The number of aromatic nitrogens is 1. The Hall–Kier alpha value is -2.58. The number of rotatable bonds is 9. The van der Waals surface area contributed by atoms with E-state index in [9.17, 15) is 4.79 Å². The second kappa shape index (κ2) is 11.9. The minimum atomic E-state index is -3.00. The summed E-state index contributed by atoms with van der Waals surface area (Å²) in [4.78, 5) is 20.0. The fourth-order valence-corrected chi connectivity index (χ4v) is 6.20. The minimum Gasteiger partial charge on any atom is -0.495 e. The number of carbonyl (C=O) groups is 1. The number of methoxy groups -OCH3 is 1. The summed E-state index contributed by atoms with van der Waals surface area (Å²) >= 11 is 0. The van der Waals surface area contributed by atoms with Crippen LogP contribution in [-0.2, 0) is 16.0 Å². The third-order valence-electron chi connectivity index (χ3n) is 8.51. The first kappa shape index (κ1) is 28.0. The van der Waals surface area contributed by atoms with Crippen LogP contribution in [0.4, 0.5) is 8.78 Å². The molecule has 1 N–H and O–H groups in total. The van der Waals surface area contributed by atoms with Crippen LogP contribution in [-0.4, -0.2) is 66.2 Å². The average molecular weight is 542 g/mol. The van der Waals surface area contributed by atoms with Crippen LogP contribution < -0.4 is 10.1 Å². The molecule has 2 aliphatic carbocycles. The molecule has 0 unspecified atom stereocenters. The zero-order chi connectivity index (χ0) is 27.6. The number of hydrogen-bond donors (Lipinski definition) is 1. The Labute approximate surface area is 230 Å². The molecule has 0 spiro atoms. The van der Waals surface area contributed by atoms with E-state index in [0.29, 0.717) is 30.6 Å². The van der Waals surface area contributed by atoms with Crippen molar-refractivity contribution in [2.45, 2.75) is 101 Å². The van der Waals surface area contributed by atoms with Crippen LogP contribution in [0.5, 0.6) is 5.75 Å². The van der Waals surface area contributed by atoms with Crippen LogP contribution in [0.15, 0.2) is 36.7 Å². The van der Waals surface area contributed by atoms with Gasteiger partial charge >= 0.3 is 0 Å². The fourth-order valence-electron chi connectivity index (χ4n) is 6.20. The van der Waals surface area contributed by atoms with Crippen LogP contribution in [0, 0.1) is 0 Å². The van der Waals surface area contributed by atoms with Gasteiger partial charge in [-0.15, -0.1) is 0 Å². The van der Waals surface area contributed by atoms with Crippen molar-refractivity contribution in [3.8, 4) is 16.9 Å². The number of pyridine rings is 1. The summed E-state index contributed by atoms with van der Waals surface area (Å²) in [6.07, 6.45) is 7.27. The summed E-state index contributed by atoms with van der Waals surface area (Å²) < 4.78 is 42.0. The molecule has 6 nitrogen and oxygen atoms in total. The molecule has 1 aromatic heterocycles. The summed E-state index contributed by atoms with van der Waals surface area (Å²) in [7, 11) is 1.61. The number of amides is 1. The number of halogens is 2. The summed E-state index contributed by atoms with van der Waals surface area (Å²) in [5.74, 6) is -2.35. The number of benzene rings is 1. The van der Waals surface area contributed by atoms with Gasteiger partial charge in [-0.3, -0.25) is 9.78 Å². The number of carbonyl (C=O) groups excluding carboxylic acids is 1. The highest BCUT2D eigenvalue weighted by atomic mass is 19.3. The minimum absolute atomic E-state index is 0.0482. The second-order valence-electron chi connectivity index (χ2n) is 11.6. The predicted octanol–water partition coefficient (Wildman–Crippen LogP) is 5.74. The van der Waals surface area contributed by atoms with Gasteiger partial charge in [0.25, 0.3) is 5.92 Å². The van der Waals surface area contributed by atoms with E-state index >= 15 is 8.78 Å². The molecule has 1 aliphatic heterocycles. The lowest BCUT2D eigenvalue weighted by Gasteiger charge is -2.42. The van der Waals surface area contributed by atoms with E-state index in [1.54, 1.807) is 19.5 Å². The Morgan fingerprint density at radius 3 is 2.62 bits per heavy atom. The summed E-state index contributed by atoms with van der Waals surface area (Å²) in [5, 5.41) is 2.73. The standard InChI is InChI=1S/C31H41F2N3O3/c1-20(2)36-14-11-24(12-15-36)39-27-8-5-13-31(32,33)30(27)35-28(37)17-22-6-4-7-26(29(22)21-9-10-21)23-16-25(38-3)19-34-18-23/h4,6-7,16,18-21,24,27,30H,5,8-15,17H2,1-3H3,(H,35,37)/t27-,30+/m0/s1. The largest absolute Gasteiger partial charge is 0.495 e. The summed E-state index contributed by atoms with van der Waals surface area (Å²) in [5.41, 5.74) is 3.94. The molecule has 212 valence electrons. The van der Waals surface area contributed by atoms with E-state index in [0.717, 1.165) is 61.0 Å². The average Bonchev–Trinajstić information content (AvgIpc) is 3.76. The fraction of sp³-hybridized carbons (Fsp3) is 0.613. The van der Waals surface area contributed by atoms with E-state index in [4.69, 9.17) is 9.47 Å². The van der Waals surface area contributed by atoms with E-state index in [1.807, 2.05) is 24.3 Å². The number of piperidine rings is 1. The van der Waals surface area contributed by atoms with Gasteiger partial charge in [-0.05, 0) is 81.0 Å². The predicted molar refractivity (Wildman–Crippen MR) is 147 cm³/mol. The number of ether oxygens (including phenoxy) is 2. The molecular weight excluding hydrogens is 500 g/mol. The second-order valence-corrected chi connectivity index (χ2v) is 11.6. The summed E-state index contributed by atoms with van der Waals surface area (Å²) in [6.45, 7) is 6.16. The van der Waals surface area contributed by atoms with Gasteiger partial charge in [-0.1, -0.05) is 18.2 Å². The van der Waals surface area contributed by atoms with Crippen molar-refractivity contribution in [3.63, 3.8) is 0 Å². The smallest absolute Gasteiger partial charge is 0.270 e. The maximum Gasteiger partial charge on any atom is 0.270 e. The van der Waals surface area contributed by atoms with Gasteiger partial charge in [-0.2, -0.15) is 0 Å². The molecule has 39 heavy (non-hydrogen) atoms. The lowest BCUT2D eigenvalue weighted by atomic mass is 9.87. The molecule has 0 radical (unpaired) electrons. The molecule has 8 heteroatoms. The van der Waals surface area contributed by atoms with Gasteiger partial charge in [-0.25, -0.2) is 8.78 Å². The number of hydrogen-bond acceptors (Lipinski definition) is 5. The van der Waals surface area contributed by atoms with E-state index < -0.39 is 18.1 Å². The topological polar surface area (TPSA) is 63.7 Å². The lowest BCUT2D eigenvalue weighted by Crippen LogP contribution is -2.58. The quantitative estimate of drug-likeness (QED) is 0.439. The molecule has 3 aliphatic rings. The Balaban J connectivity index is 1.30. The number of likely N-dealkylation sites (tertiary alicyclic amines) is 1. The Bertz CT molecular complexity index is 1150. The molecule has 2 heterocycles. The lowest BCUT2D eigenvalue weighted by molar-refractivity contribution is -0.157. The maximum absolute atomic E-state index is 15.2. The number of nitrogens with zero attached hydrogens (tertiary/aromatic N) is 2.